The summed E-state index contributed by atoms with van der Waals surface area (Å²) in [7, 11) is 0. The molecule has 0 amide bonds. The molecule has 8 nitrogen and oxygen atoms in total. The molecule has 0 radical (unpaired) electrons. The largest absolute Gasteiger partial charge is 0.468 e. The van der Waals surface area contributed by atoms with Crippen molar-refractivity contribution in [2.45, 2.75) is 6.42 Å². The van der Waals surface area contributed by atoms with Crippen LogP contribution in [0.15, 0.2) is 18.2 Å². The van der Waals surface area contributed by atoms with Crippen molar-refractivity contribution in [2.75, 3.05) is 6.61 Å². The summed E-state index contributed by atoms with van der Waals surface area (Å²) in [5.41, 5.74) is -0.423. The highest BCUT2D eigenvalue weighted by Gasteiger charge is 2.18. The van der Waals surface area contributed by atoms with Crippen LogP contribution in [0.25, 0.3) is 0 Å². The van der Waals surface area contributed by atoms with Gasteiger partial charge in [-0.05, 0) is 6.07 Å². The Morgan fingerprint density at radius 3 is 2.47 bits per heavy atom. The number of rotatable bonds is 6. The van der Waals surface area contributed by atoms with Gasteiger partial charge in [0.25, 0.3) is 17.8 Å². The molecule has 1 aromatic rings. The molecule has 1 rings (SSSR count). The fourth-order valence-corrected chi connectivity index (χ4v) is 1.26. The molecule has 0 atom stereocenters. The number of nitro benzene ring substituents is 2. The molecule has 90 valence electrons. The second kappa shape index (κ2) is 5.54. The second-order valence-electron chi connectivity index (χ2n) is 3.04. The van der Waals surface area contributed by atoms with Gasteiger partial charge in [-0.2, -0.15) is 0 Å². The number of nitrogens with zero attached hydrogens (tertiary/aromatic N) is 2. The van der Waals surface area contributed by atoms with Gasteiger partial charge in [0, 0.05) is 18.1 Å². The van der Waals surface area contributed by atoms with E-state index < -0.39 is 9.85 Å². The monoisotopic (exact) mass is 240 g/mol. The predicted molar refractivity (Wildman–Crippen MR) is 55.5 cm³/mol. The van der Waals surface area contributed by atoms with E-state index in [1.54, 1.807) is 0 Å². The van der Waals surface area contributed by atoms with Gasteiger partial charge in [0.1, 0.15) is 0 Å². The maximum Gasteiger partial charge on any atom is 0.293 e. The van der Waals surface area contributed by atoms with E-state index in [-0.39, 0.29) is 36.4 Å². The third-order valence-corrected chi connectivity index (χ3v) is 2.03. The topological polar surface area (TPSA) is 113 Å². The van der Waals surface area contributed by atoms with Crippen molar-refractivity contribution in [1.29, 1.82) is 0 Å². The molecule has 0 unspecified atom stereocenters. The van der Waals surface area contributed by atoms with E-state index >= 15 is 0 Å². The van der Waals surface area contributed by atoms with Gasteiger partial charge in [-0.15, -0.1) is 0 Å². The van der Waals surface area contributed by atoms with Crippen LogP contribution >= 0.6 is 0 Å². The Kier molecular flexibility index (Phi) is 4.09. The molecule has 0 aliphatic heterocycles. The van der Waals surface area contributed by atoms with E-state index in [1.807, 2.05) is 0 Å². The number of carbonyl (C=O) groups excluding carboxylic acids is 1. The number of hydrogen-bond donors (Lipinski definition) is 0. The first-order valence-corrected chi connectivity index (χ1v) is 4.53. The van der Waals surface area contributed by atoms with E-state index in [0.29, 0.717) is 0 Å². The van der Waals surface area contributed by atoms with Crippen molar-refractivity contribution >= 4 is 17.8 Å². The molecular formula is C9H8N2O6. The lowest BCUT2D eigenvalue weighted by molar-refractivity contribution is -0.394. The number of nitro groups is 2. The number of non-ortho nitro benzene ring substituents is 1. The summed E-state index contributed by atoms with van der Waals surface area (Å²) < 4.78 is 4.41. The number of carbonyl (C=O) groups is 1. The van der Waals surface area contributed by atoms with E-state index in [4.69, 9.17) is 0 Å². The van der Waals surface area contributed by atoms with Crippen molar-refractivity contribution in [3.63, 3.8) is 0 Å². The molecule has 0 saturated heterocycles. The summed E-state index contributed by atoms with van der Waals surface area (Å²) in [6.45, 7) is 0.222. The molecule has 0 aliphatic carbocycles. The summed E-state index contributed by atoms with van der Waals surface area (Å²) in [5.74, 6) is 0. The molecule has 0 aliphatic rings. The molecule has 8 heteroatoms. The van der Waals surface area contributed by atoms with Gasteiger partial charge in [0.15, 0.2) is 0 Å². The van der Waals surface area contributed by atoms with Gasteiger partial charge < -0.3 is 4.74 Å². The zero-order chi connectivity index (χ0) is 12.8. The maximum atomic E-state index is 10.7. The summed E-state index contributed by atoms with van der Waals surface area (Å²) in [6.07, 6.45) is 0.132. The fraction of sp³-hybridized carbons (Fsp3) is 0.222. The Morgan fingerprint density at radius 1 is 1.24 bits per heavy atom. The minimum atomic E-state index is -0.710. The van der Waals surface area contributed by atoms with Crippen molar-refractivity contribution in [1.82, 2.24) is 0 Å². The van der Waals surface area contributed by atoms with Crippen LogP contribution in [-0.4, -0.2) is 22.9 Å². The first-order valence-electron chi connectivity index (χ1n) is 4.53. The van der Waals surface area contributed by atoms with Gasteiger partial charge in [0.2, 0.25) is 0 Å². The van der Waals surface area contributed by atoms with Gasteiger partial charge in [-0.1, -0.05) is 0 Å². The highest BCUT2D eigenvalue weighted by atomic mass is 16.6. The third-order valence-electron chi connectivity index (χ3n) is 2.03. The van der Waals surface area contributed by atoms with E-state index in [0.717, 1.165) is 6.07 Å². The molecule has 0 N–H and O–H groups in total. The summed E-state index contributed by atoms with van der Waals surface area (Å²) in [6, 6.07) is 3.34. The van der Waals surface area contributed by atoms with E-state index in [9.17, 15) is 25.0 Å². The Morgan fingerprint density at radius 2 is 1.94 bits per heavy atom. The molecule has 0 spiro atoms. The lowest BCUT2D eigenvalue weighted by Crippen LogP contribution is -2.02. The number of hydrogen-bond acceptors (Lipinski definition) is 6. The quantitative estimate of drug-likeness (QED) is 0.319. The molecule has 17 heavy (non-hydrogen) atoms. The SMILES string of the molecule is O=COCCc1ccc([N+](=O)[O-])cc1[N+](=O)[O-]. The van der Waals surface area contributed by atoms with Crippen LogP contribution < -0.4 is 0 Å². The van der Waals surface area contributed by atoms with Gasteiger partial charge in [-0.3, -0.25) is 25.0 Å². The molecular weight excluding hydrogens is 232 g/mol. The zero-order valence-corrected chi connectivity index (χ0v) is 8.57. The third kappa shape index (κ3) is 3.23. The lowest BCUT2D eigenvalue weighted by Gasteiger charge is -2.02. The lowest BCUT2D eigenvalue weighted by atomic mass is 10.1. The first-order chi connectivity index (χ1) is 8.06. The minimum absolute atomic E-state index is 0.0118. The molecule has 0 fully saturated rings. The summed E-state index contributed by atoms with van der Waals surface area (Å²) in [4.78, 5) is 29.7. The highest BCUT2D eigenvalue weighted by Crippen LogP contribution is 2.24. The molecule has 1 aromatic carbocycles. The Balaban J connectivity index is 3.00. The van der Waals surface area contributed by atoms with Crippen molar-refractivity contribution in [3.8, 4) is 0 Å². The smallest absolute Gasteiger partial charge is 0.293 e. The van der Waals surface area contributed by atoms with Crippen LogP contribution in [-0.2, 0) is 16.0 Å². The van der Waals surface area contributed by atoms with Crippen LogP contribution in [0.2, 0.25) is 0 Å². The highest BCUT2D eigenvalue weighted by molar-refractivity contribution is 5.49. The first kappa shape index (κ1) is 12.6. The van der Waals surface area contributed by atoms with Crippen LogP contribution in [0.1, 0.15) is 5.56 Å². The second-order valence-corrected chi connectivity index (χ2v) is 3.04. The summed E-state index contributed by atoms with van der Waals surface area (Å²) in [5, 5.41) is 21.2. The van der Waals surface area contributed by atoms with Gasteiger partial charge in [-0.25, -0.2) is 0 Å². The Hall–Kier alpha value is -2.51. The van der Waals surface area contributed by atoms with Crippen molar-refractivity contribution in [2.24, 2.45) is 0 Å². The average Bonchev–Trinajstić information content (AvgIpc) is 2.29. The van der Waals surface area contributed by atoms with Crippen LogP contribution in [0.4, 0.5) is 11.4 Å². The average molecular weight is 240 g/mol. The molecule has 0 aromatic heterocycles. The number of ether oxygens (including phenoxy) is 1. The minimum Gasteiger partial charge on any atom is -0.468 e. The Bertz CT molecular complexity index is 459. The van der Waals surface area contributed by atoms with Gasteiger partial charge >= 0.3 is 0 Å². The maximum absolute atomic E-state index is 10.7. The van der Waals surface area contributed by atoms with Crippen LogP contribution in [0.3, 0.4) is 0 Å². The van der Waals surface area contributed by atoms with Crippen LogP contribution in [0.5, 0.6) is 0 Å². The summed E-state index contributed by atoms with van der Waals surface area (Å²) >= 11 is 0. The standard InChI is InChI=1S/C9H8N2O6/c12-6-17-4-3-7-1-2-8(10(13)14)5-9(7)11(15)16/h1-2,5-6H,3-4H2. The predicted octanol–water partition coefficient (Wildman–Crippen LogP) is 1.22. The molecule has 0 bridgehead atoms. The molecule has 0 heterocycles. The van der Waals surface area contributed by atoms with Crippen molar-refractivity contribution < 1.29 is 19.4 Å². The van der Waals surface area contributed by atoms with Gasteiger partial charge in [0.05, 0.1) is 22.5 Å². The van der Waals surface area contributed by atoms with Crippen molar-refractivity contribution in [3.05, 3.63) is 44.0 Å². The van der Waals surface area contributed by atoms with E-state index in [2.05, 4.69) is 4.74 Å². The normalized spacial score (nSPS) is 9.65. The fourth-order valence-electron chi connectivity index (χ4n) is 1.26. The van der Waals surface area contributed by atoms with E-state index in [1.165, 1.54) is 12.1 Å². The zero-order valence-electron chi connectivity index (χ0n) is 8.57. The van der Waals surface area contributed by atoms with Crippen LogP contribution in [0, 0.1) is 20.2 Å². The number of benzene rings is 1. The molecule has 0 saturated carbocycles. The Labute approximate surface area is 95.1 Å².